The van der Waals surface area contributed by atoms with E-state index >= 15 is 0 Å². The molecule has 2 rings (SSSR count). The van der Waals surface area contributed by atoms with Gasteiger partial charge in [-0.15, -0.1) is 0 Å². The van der Waals surface area contributed by atoms with E-state index in [1.54, 1.807) is 0 Å². The minimum Gasteiger partial charge on any atom is -0.450 e. The zero-order chi connectivity index (χ0) is 14.9. The van der Waals surface area contributed by atoms with Gasteiger partial charge in [0.15, 0.2) is 17.4 Å². The first-order valence-corrected chi connectivity index (χ1v) is 5.72. The topological polar surface area (TPSA) is 59.1 Å². The SMILES string of the molecule is N=C(N)c1cc(F)c(Oc2ccc(F)cc2Cl)c(F)c1. The maximum absolute atomic E-state index is 13.7. The highest BCUT2D eigenvalue weighted by atomic mass is 35.5. The zero-order valence-electron chi connectivity index (χ0n) is 9.88. The lowest BCUT2D eigenvalue weighted by Gasteiger charge is -2.10. The van der Waals surface area contributed by atoms with E-state index in [-0.39, 0.29) is 16.3 Å². The predicted octanol–water partition coefficient (Wildman–Crippen LogP) is 3.83. The zero-order valence-corrected chi connectivity index (χ0v) is 10.6. The Balaban J connectivity index is 2.41. The van der Waals surface area contributed by atoms with Crippen molar-refractivity contribution < 1.29 is 17.9 Å². The molecule has 0 saturated heterocycles. The summed E-state index contributed by atoms with van der Waals surface area (Å²) in [5.41, 5.74) is 5.03. The Kier molecular flexibility index (Phi) is 3.85. The second-order valence-electron chi connectivity index (χ2n) is 3.86. The van der Waals surface area contributed by atoms with Gasteiger partial charge in [-0.25, -0.2) is 13.2 Å². The van der Waals surface area contributed by atoms with Crippen LogP contribution in [0.25, 0.3) is 0 Å². The van der Waals surface area contributed by atoms with Gasteiger partial charge in [-0.2, -0.15) is 0 Å². The van der Waals surface area contributed by atoms with Crippen LogP contribution in [0.1, 0.15) is 5.56 Å². The lowest BCUT2D eigenvalue weighted by Crippen LogP contribution is -2.12. The van der Waals surface area contributed by atoms with E-state index in [1.165, 1.54) is 0 Å². The number of benzene rings is 2. The van der Waals surface area contributed by atoms with E-state index in [1.807, 2.05) is 0 Å². The lowest BCUT2D eigenvalue weighted by atomic mass is 10.2. The van der Waals surface area contributed by atoms with Gasteiger partial charge in [-0.05, 0) is 30.3 Å². The van der Waals surface area contributed by atoms with Crippen molar-refractivity contribution in [3.8, 4) is 11.5 Å². The van der Waals surface area contributed by atoms with Gasteiger partial charge in [-0.1, -0.05) is 11.6 Å². The van der Waals surface area contributed by atoms with Crippen molar-refractivity contribution >= 4 is 17.4 Å². The minimum atomic E-state index is -1.05. The van der Waals surface area contributed by atoms with E-state index in [9.17, 15) is 13.2 Å². The molecule has 0 fully saturated rings. The van der Waals surface area contributed by atoms with Crippen LogP contribution in [0.15, 0.2) is 30.3 Å². The van der Waals surface area contributed by atoms with Gasteiger partial charge in [0.25, 0.3) is 0 Å². The first kappa shape index (κ1) is 14.2. The van der Waals surface area contributed by atoms with Crippen LogP contribution in [-0.2, 0) is 0 Å². The van der Waals surface area contributed by atoms with Gasteiger partial charge in [0.05, 0.1) is 5.02 Å². The second kappa shape index (κ2) is 5.42. The monoisotopic (exact) mass is 300 g/mol. The highest BCUT2D eigenvalue weighted by molar-refractivity contribution is 6.32. The number of hydrogen-bond donors (Lipinski definition) is 2. The Morgan fingerprint density at radius 2 is 1.70 bits per heavy atom. The molecule has 0 heterocycles. The summed E-state index contributed by atoms with van der Waals surface area (Å²) in [7, 11) is 0. The largest absolute Gasteiger partial charge is 0.450 e. The number of rotatable bonds is 3. The highest BCUT2D eigenvalue weighted by Crippen LogP contribution is 2.33. The van der Waals surface area contributed by atoms with E-state index < -0.39 is 29.0 Å². The van der Waals surface area contributed by atoms with E-state index in [4.69, 9.17) is 27.5 Å². The summed E-state index contributed by atoms with van der Waals surface area (Å²) < 4.78 is 45.3. The quantitative estimate of drug-likeness (QED) is 0.668. The van der Waals surface area contributed by atoms with Crippen LogP contribution in [0.4, 0.5) is 13.2 Å². The molecule has 2 aromatic carbocycles. The summed E-state index contributed by atoms with van der Waals surface area (Å²) in [5.74, 6) is -3.97. The summed E-state index contributed by atoms with van der Waals surface area (Å²) >= 11 is 5.70. The van der Waals surface area contributed by atoms with Crippen molar-refractivity contribution in [3.05, 3.63) is 58.4 Å². The van der Waals surface area contributed by atoms with E-state index in [2.05, 4.69) is 0 Å². The van der Waals surface area contributed by atoms with Crippen LogP contribution in [0.3, 0.4) is 0 Å². The molecule has 0 radical (unpaired) electrons. The molecule has 0 atom stereocenters. The second-order valence-corrected chi connectivity index (χ2v) is 4.27. The molecule has 104 valence electrons. The smallest absolute Gasteiger partial charge is 0.198 e. The Bertz CT molecular complexity index is 668. The first-order valence-electron chi connectivity index (χ1n) is 5.35. The highest BCUT2D eigenvalue weighted by Gasteiger charge is 2.16. The molecular weight excluding hydrogens is 293 g/mol. The molecule has 0 saturated carbocycles. The molecule has 3 N–H and O–H groups in total. The molecule has 2 aromatic rings. The molecule has 0 aliphatic carbocycles. The Hall–Kier alpha value is -2.21. The molecule has 0 aromatic heterocycles. The fourth-order valence-electron chi connectivity index (χ4n) is 1.48. The Morgan fingerprint density at radius 3 is 2.20 bits per heavy atom. The van der Waals surface area contributed by atoms with Gasteiger partial charge < -0.3 is 10.5 Å². The van der Waals surface area contributed by atoms with Gasteiger partial charge in [0.1, 0.15) is 17.4 Å². The average molecular weight is 301 g/mol. The van der Waals surface area contributed by atoms with Crippen LogP contribution < -0.4 is 10.5 Å². The Labute approximate surface area is 117 Å². The number of halogens is 4. The molecule has 7 heteroatoms. The first-order chi connectivity index (χ1) is 9.38. The number of nitrogen functional groups attached to an aromatic ring is 1. The molecule has 20 heavy (non-hydrogen) atoms. The number of amidine groups is 1. The third-order valence-electron chi connectivity index (χ3n) is 2.42. The maximum atomic E-state index is 13.7. The van der Waals surface area contributed by atoms with Crippen molar-refractivity contribution in [3.63, 3.8) is 0 Å². The lowest BCUT2D eigenvalue weighted by molar-refractivity contribution is 0.407. The van der Waals surface area contributed by atoms with Crippen molar-refractivity contribution in [2.24, 2.45) is 5.73 Å². The van der Waals surface area contributed by atoms with Crippen LogP contribution in [-0.4, -0.2) is 5.84 Å². The number of hydrogen-bond acceptors (Lipinski definition) is 2. The van der Waals surface area contributed by atoms with Gasteiger partial charge in [0.2, 0.25) is 0 Å². The number of ether oxygens (including phenoxy) is 1. The summed E-state index contributed by atoms with van der Waals surface area (Å²) in [6.45, 7) is 0. The van der Waals surface area contributed by atoms with Gasteiger partial charge >= 0.3 is 0 Å². The van der Waals surface area contributed by atoms with E-state index in [0.29, 0.717) is 0 Å². The van der Waals surface area contributed by atoms with Gasteiger partial charge in [0, 0.05) is 5.56 Å². The van der Waals surface area contributed by atoms with Crippen LogP contribution in [0.2, 0.25) is 5.02 Å². The fourth-order valence-corrected chi connectivity index (χ4v) is 1.69. The third-order valence-corrected chi connectivity index (χ3v) is 2.71. The molecule has 0 unspecified atom stereocenters. The van der Waals surface area contributed by atoms with Crippen molar-refractivity contribution in [1.29, 1.82) is 5.41 Å². The summed E-state index contributed by atoms with van der Waals surface area (Å²) in [5, 5.41) is 6.99. The van der Waals surface area contributed by atoms with Crippen LogP contribution in [0, 0.1) is 22.9 Å². The maximum Gasteiger partial charge on any atom is 0.198 e. The summed E-state index contributed by atoms with van der Waals surface area (Å²) in [6.07, 6.45) is 0. The number of nitrogens with one attached hydrogen (secondary N) is 1. The van der Waals surface area contributed by atoms with Crippen molar-refractivity contribution in [1.82, 2.24) is 0 Å². The third kappa shape index (κ3) is 2.85. The molecule has 0 aliphatic rings. The predicted molar refractivity (Wildman–Crippen MR) is 68.9 cm³/mol. The molecule has 0 spiro atoms. The van der Waals surface area contributed by atoms with Gasteiger partial charge in [-0.3, -0.25) is 5.41 Å². The molecule has 0 amide bonds. The van der Waals surface area contributed by atoms with Crippen LogP contribution in [0.5, 0.6) is 11.5 Å². The molecule has 0 aliphatic heterocycles. The normalized spacial score (nSPS) is 10.4. The average Bonchev–Trinajstić information content (AvgIpc) is 2.35. The molecule has 3 nitrogen and oxygen atoms in total. The number of nitrogens with two attached hydrogens (primary N) is 1. The van der Waals surface area contributed by atoms with Crippen molar-refractivity contribution in [2.45, 2.75) is 0 Å². The summed E-state index contributed by atoms with van der Waals surface area (Å²) in [6, 6.07) is 4.86. The van der Waals surface area contributed by atoms with E-state index in [0.717, 1.165) is 30.3 Å². The Morgan fingerprint density at radius 1 is 1.10 bits per heavy atom. The fraction of sp³-hybridized carbons (Fsp3) is 0. The minimum absolute atomic E-state index is 0.0959. The summed E-state index contributed by atoms with van der Waals surface area (Å²) in [4.78, 5) is 0. The van der Waals surface area contributed by atoms with Crippen molar-refractivity contribution in [2.75, 3.05) is 0 Å². The standard InChI is InChI=1S/C13H8ClF3N2O/c14-8-5-7(15)1-2-11(8)20-12-9(16)3-6(13(18)19)4-10(12)17/h1-5H,(H3,18,19). The molecule has 0 bridgehead atoms. The molecular formula is C13H8ClF3N2O. The van der Waals surface area contributed by atoms with Crippen LogP contribution >= 0.6 is 11.6 Å².